The Morgan fingerprint density at radius 3 is 2.71 bits per heavy atom. The van der Waals surface area contributed by atoms with Crippen molar-refractivity contribution in [2.24, 2.45) is 0 Å². The van der Waals surface area contributed by atoms with Gasteiger partial charge in [0.25, 0.3) is 0 Å². The van der Waals surface area contributed by atoms with Crippen molar-refractivity contribution in [3.05, 3.63) is 44.8 Å². The lowest BCUT2D eigenvalue weighted by molar-refractivity contribution is -0.126. The molecule has 1 aliphatic carbocycles. The highest BCUT2D eigenvalue weighted by Crippen LogP contribution is 2.43. The summed E-state index contributed by atoms with van der Waals surface area (Å²) in [6.45, 7) is 0.861. The second-order valence-electron chi connectivity index (χ2n) is 6.58. The fourth-order valence-corrected chi connectivity index (χ4v) is 5.51. The first-order valence-electron chi connectivity index (χ1n) is 8.71. The van der Waals surface area contributed by atoms with Gasteiger partial charge in [0.05, 0.1) is 5.41 Å². The summed E-state index contributed by atoms with van der Waals surface area (Å²) in [6, 6.07) is 6.27. The largest absolute Gasteiger partial charge is 0.396 e. The molecule has 1 aliphatic rings. The molecule has 1 saturated carbocycles. The number of aliphatic hydroxyl groups is 1. The SMILES string of the molecule is O=C(NCC[C@H](CCO)c1ccsc1)C1(c2cccs2)CCCC1. The lowest BCUT2D eigenvalue weighted by Gasteiger charge is -2.27. The zero-order valence-corrected chi connectivity index (χ0v) is 15.5. The van der Waals surface area contributed by atoms with E-state index in [4.69, 9.17) is 0 Å². The molecule has 0 bridgehead atoms. The van der Waals surface area contributed by atoms with E-state index in [0.717, 1.165) is 38.5 Å². The molecule has 1 atom stereocenters. The van der Waals surface area contributed by atoms with Crippen molar-refractivity contribution in [1.82, 2.24) is 5.32 Å². The van der Waals surface area contributed by atoms with Gasteiger partial charge in [0.1, 0.15) is 0 Å². The van der Waals surface area contributed by atoms with Crippen LogP contribution < -0.4 is 5.32 Å². The van der Waals surface area contributed by atoms with Gasteiger partial charge >= 0.3 is 0 Å². The highest BCUT2D eigenvalue weighted by atomic mass is 32.1. The van der Waals surface area contributed by atoms with E-state index in [2.05, 4.69) is 33.6 Å². The van der Waals surface area contributed by atoms with Gasteiger partial charge in [-0.2, -0.15) is 11.3 Å². The van der Waals surface area contributed by atoms with E-state index in [1.165, 1.54) is 10.4 Å². The van der Waals surface area contributed by atoms with E-state index in [-0.39, 0.29) is 17.9 Å². The van der Waals surface area contributed by atoms with Crippen LogP contribution in [0, 0.1) is 0 Å². The van der Waals surface area contributed by atoms with Crippen molar-refractivity contribution in [2.75, 3.05) is 13.2 Å². The summed E-state index contributed by atoms with van der Waals surface area (Å²) >= 11 is 3.38. The number of carbonyl (C=O) groups is 1. The minimum atomic E-state index is -0.303. The third-order valence-corrected chi connectivity index (χ3v) is 6.93. The van der Waals surface area contributed by atoms with Crippen LogP contribution in [0.4, 0.5) is 0 Å². The van der Waals surface area contributed by atoms with Gasteiger partial charge in [0, 0.05) is 18.0 Å². The molecule has 130 valence electrons. The molecule has 2 aromatic heterocycles. The average molecular weight is 364 g/mol. The van der Waals surface area contributed by atoms with Crippen LogP contribution in [-0.2, 0) is 10.2 Å². The van der Waals surface area contributed by atoms with E-state index in [1.807, 2.05) is 6.07 Å². The smallest absolute Gasteiger partial charge is 0.231 e. The molecule has 0 aliphatic heterocycles. The van der Waals surface area contributed by atoms with Crippen molar-refractivity contribution < 1.29 is 9.90 Å². The molecule has 0 spiro atoms. The first kappa shape index (κ1) is 17.6. The van der Waals surface area contributed by atoms with Crippen LogP contribution in [0.15, 0.2) is 34.3 Å². The second kappa shape index (κ2) is 8.28. The minimum Gasteiger partial charge on any atom is -0.396 e. The molecule has 3 nitrogen and oxygen atoms in total. The molecule has 0 aromatic carbocycles. The van der Waals surface area contributed by atoms with Gasteiger partial charge in [-0.1, -0.05) is 18.9 Å². The highest BCUT2D eigenvalue weighted by molar-refractivity contribution is 7.10. The number of hydrogen-bond donors (Lipinski definition) is 2. The lowest BCUT2D eigenvalue weighted by Crippen LogP contribution is -2.42. The molecular weight excluding hydrogens is 338 g/mol. The van der Waals surface area contributed by atoms with Gasteiger partial charge in [-0.3, -0.25) is 4.79 Å². The van der Waals surface area contributed by atoms with Gasteiger partial charge < -0.3 is 10.4 Å². The zero-order chi connectivity index (χ0) is 16.8. The van der Waals surface area contributed by atoms with Gasteiger partial charge in [-0.05, 0) is 65.4 Å². The summed E-state index contributed by atoms with van der Waals surface area (Å²) in [6.07, 6.45) is 5.82. The fraction of sp³-hybridized carbons (Fsp3) is 0.526. The third kappa shape index (κ3) is 3.73. The molecule has 0 saturated heterocycles. The summed E-state index contributed by atoms with van der Waals surface area (Å²) in [4.78, 5) is 14.2. The lowest BCUT2D eigenvalue weighted by atomic mass is 9.83. The fourth-order valence-electron chi connectivity index (χ4n) is 3.78. The Bertz CT molecular complexity index is 616. The Morgan fingerprint density at radius 2 is 2.08 bits per heavy atom. The quantitative estimate of drug-likeness (QED) is 0.735. The van der Waals surface area contributed by atoms with Crippen molar-refractivity contribution >= 4 is 28.6 Å². The molecule has 1 amide bonds. The van der Waals surface area contributed by atoms with E-state index in [1.54, 1.807) is 22.7 Å². The van der Waals surface area contributed by atoms with E-state index in [0.29, 0.717) is 12.5 Å². The third-order valence-electron chi connectivity index (χ3n) is 5.16. The molecule has 3 rings (SSSR count). The van der Waals surface area contributed by atoms with Gasteiger partial charge in [-0.15, -0.1) is 11.3 Å². The van der Waals surface area contributed by atoms with Crippen LogP contribution in [0.1, 0.15) is 54.9 Å². The summed E-state index contributed by atoms with van der Waals surface area (Å²) in [7, 11) is 0. The first-order valence-corrected chi connectivity index (χ1v) is 10.5. The molecule has 0 unspecified atom stereocenters. The van der Waals surface area contributed by atoms with Crippen molar-refractivity contribution in [3.63, 3.8) is 0 Å². The molecule has 24 heavy (non-hydrogen) atoms. The number of aliphatic hydroxyl groups excluding tert-OH is 1. The predicted molar refractivity (Wildman–Crippen MR) is 101 cm³/mol. The van der Waals surface area contributed by atoms with Crippen LogP contribution in [-0.4, -0.2) is 24.2 Å². The number of rotatable bonds is 8. The first-order chi connectivity index (χ1) is 11.8. The molecule has 5 heteroatoms. The van der Waals surface area contributed by atoms with Crippen LogP contribution in [0.25, 0.3) is 0 Å². The van der Waals surface area contributed by atoms with Gasteiger partial charge in [0.15, 0.2) is 0 Å². The topological polar surface area (TPSA) is 49.3 Å². The summed E-state index contributed by atoms with van der Waals surface area (Å²) in [5, 5.41) is 18.8. The van der Waals surface area contributed by atoms with Crippen molar-refractivity contribution in [3.8, 4) is 0 Å². The van der Waals surface area contributed by atoms with Crippen LogP contribution in [0.5, 0.6) is 0 Å². The zero-order valence-electron chi connectivity index (χ0n) is 13.9. The molecule has 1 fully saturated rings. The van der Waals surface area contributed by atoms with Crippen molar-refractivity contribution in [2.45, 2.75) is 49.9 Å². The number of nitrogens with one attached hydrogen (secondary N) is 1. The molecule has 0 radical (unpaired) electrons. The maximum atomic E-state index is 12.9. The molecule has 2 aromatic rings. The van der Waals surface area contributed by atoms with E-state index in [9.17, 15) is 9.90 Å². The summed E-state index contributed by atoms with van der Waals surface area (Å²) in [5.74, 6) is 0.512. The molecule has 2 heterocycles. The predicted octanol–water partition coefficient (Wildman–Crippen LogP) is 4.29. The van der Waals surface area contributed by atoms with Gasteiger partial charge in [-0.25, -0.2) is 0 Å². The summed E-state index contributed by atoms with van der Waals surface area (Å²) in [5.41, 5.74) is 0.973. The van der Waals surface area contributed by atoms with Gasteiger partial charge in [0.2, 0.25) is 5.91 Å². The minimum absolute atomic E-state index is 0.188. The Hall–Kier alpha value is -1.17. The second-order valence-corrected chi connectivity index (χ2v) is 8.30. The molecular formula is C19H25NO2S2. The van der Waals surface area contributed by atoms with Crippen LogP contribution >= 0.6 is 22.7 Å². The van der Waals surface area contributed by atoms with Crippen LogP contribution in [0.2, 0.25) is 0 Å². The standard InChI is InChI=1S/C19H25NO2S2/c21-11-6-15(16-7-13-23-14-16)5-10-20-18(22)19(8-1-2-9-19)17-4-3-12-24-17/h3-4,7,12-15,21H,1-2,5-6,8-11H2,(H,20,22)/t15-/m1/s1. The van der Waals surface area contributed by atoms with Crippen molar-refractivity contribution in [1.29, 1.82) is 0 Å². The Balaban J connectivity index is 1.60. The number of amides is 1. The summed E-state index contributed by atoms with van der Waals surface area (Å²) < 4.78 is 0. The maximum absolute atomic E-state index is 12.9. The molecule has 2 N–H and O–H groups in total. The Labute approximate surface area is 151 Å². The Morgan fingerprint density at radius 1 is 1.25 bits per heavy atom. The number of thiophene rings is 2. The normalized spacial score (nSPS) is 17.7. The van der Waals surface area contributed by atoms with Crippen LogP contribution in [0.3, 0.4) is 0 Å². The number of carbonyl (C=O) groups excluding carboxylic acids is 1. The monoisotopic (exact) mass is 363 g/mol. The van der Waals surface area contributed by atoms with E-state index < -0.39 is 0 Å². The Kier molecular flexibility index (Phi) is 6.09. The van der Waals surface area contributed by atoms with E-state index >= 15 is 0 Å². The number of hydrogen-bond acceptors (Lipinski definition) is 4. The maximum Gasteiger partial charge on any atom is 0.231 e. The average Bonchev–Trinajstić information content (AvgIpc) is 3.36. The highest BCUT2D eigenvalue weighted by Gasteiger charge is 2.43.